The maximum absolute atomic E-state index is 12.3. The van der Waals surface area contributed by atoms with Crippen LogP contribution in [0.25, 0.3) is 0 Å². The van der Waals surface area contributed by atoms with Gasteiger partial charge in [0.1, 0.15) is 4.90 Å². The molecule has 1 aliphatic carbocycles. The summed E-state index contributed by atoms with van der Waals surface area (Å²) in [6, 6.07) is 6.32. The predicted octanol–water partition coefficient (Wildman–Crippen LogP) is 1.88. The molecule has 1 aromatic carbocycles. The molecule has 0 radical (unpaired) electrons. The molecule has 0 saturated heterocycles. The Hall–Kier alpha value is -0.620. The summed E-state index contributed by atoms with van der Waals surface area (Å²) < 4.78 is 25.8. The second kappa shape index (κ2) is 4.81. The van der Waals surface area contributed by atoms with E-state index in [0.29, 0.717) is 12.8 Å². The van der Waals surface area contributed by atoms with Gasteiger partial charge in [-0.05, 0) is 31.4 Å². The molecule has 18 heavy (non-hydrogen) atoms. The Balaban J connectivity index is 2.23. The zero-order chi connectivity index (χ0) is 13.4. The van der Waals surface area contributed by atoms with Crippen LogP contribution in [0.1, 0.15) is 19.3 Å². The van der Waals surface area contributed by atoms with E-state index in [4.69, 9.17) is 11.6 Å². The number of hydrogen-bond donors (Lipinski definition) is 1. The largest absolute Gasteiger partial charge is 0.389 e. The maximum Gasteiger partial charge on any atom is 0.244 e. The molecule has 0 spiro atoms. The van der Waals surface area contributed by atoms with Gasteiger partial charge in [0.2, 0.25) is 10.0 Å². The Morgan fingerprint density at radius 2 is 2.00 bits per heavy atom. The van der Waals surface area contributed by atoms with E-state index in [1.165, 1.54) is 17.4 Å². The van der Waals surface area contributed by atoms with Crippen molar-refractivity contribution in [2.24, 2.45) is 0 Å². The molecule has 0 heterocycles. The van der Waals surface area contributed by atoms with Crippen LogP contribution in [0.5, 0.6) is 0 Å². The summed E-state index contributed by atoms with van der Waals surface area (Å²) in [5.74, 6) is 0. The molecule has 0 aromatic heterocycles. The molecule has 1 fully saturated rings. The summed E-state index contributed by atoms with van der Waals surface area (Å²) in [5, 5.41) is 10.2. The van der Waals surface area contributed by atoms with Crippen molar-refractivity contribution in [1.82, 2.24) is 4.31 Å². The minimum Gasteiger partial charge on any atom is -0.389 e. The van der Waals surface area contributed by atoms with Gasteiger partial charge in [0.05, 0.1) is 10.6 Å². The van der Waals surface area contributed by atoms with Gasteiger partial charge in [-0.1, -0.05) is 23.7 Å². The molecule has 0 aliphatic heterocycles. The number of benzene rings is 1. The first kappa shape index (κ1) is 13.8. The van der Waals surface area contributed by atoms with Gasteiger partial charge >= 0.3 is 0 Å². The molecule has 0 amide bonds. The van der Waals surface area contributed by atoms with Crippen LogP contribution >= 0.6 is 11.6 Å². The van der Waals surface area contributed by atoms with E-state index in [2.05, 4.69) is 0 Å². The summed E-state index contributed by atoms with van der Waals surface area (Å²) in [4.78, 5) is 0.0806. The molecular weight excluding hydrogens is 274 g/mol. The lowest BCUT2D eigenvalue weighted by Gasteiger charge is -2.39. The Morgan fingerprint density at radius 3 is 2.50 bits per heavy atom. The van der Waals surface area contributed by atoms with Crippen LogP contribution in [0.3, 0.4) is 0 Å². The highest BCUT2D eigenvalue weighted by atomic mass is 35.5. The van der Waals surface area contributed by atoms with Crippen molar-refractivity contribution in [3.05, 3.63) is 29.3 Å². The number of sulfonamides is 1. The van der Waals surface area contributed by atoms with Crippen molar-refractivity contribution in [3.63, 3.8) is 0 Å². The highest BCUT2D eigenvalue weighted by Crippen LogP contribution is 2.33. The second-order valence-corrected chi connectivity index (χ2v) is 7.19. The van der Waals surface area contributed by atoms with Gasteiger partial charge in [-0.15, -0.1) is 0 Å². The third-order valence-corrected chi connectivity index (χ3v) is 5.63. The number of aliphatic hydroxyl groups is 1. The minimum atomic E-state index is -3.64. The van der Waals surface area contributed by atoms with E-state index in [1.807, 2.05) is 0 Å². The number of nitrogens with zero attached hydrogens (tertiary/aromatic N) is 1. The molecular formula is C12H16ClNO3S. The quantitative estimate of drug-likeness (QED) is 0.921. The predicted molar refractivity (Wildman–Crippen MR) is 70.1 cm³/mol. The molecule has 0 bridgehead atoms. The normalized spacial score (nSPS) is 18.7. The van der Waals surface area contributed by atoms with E-state index in [-0.39, 0.29) is 16.5 Å². The molecule has 1 N–H and O–H groups in total. The summed E-state index contributed by atoms with van der Waals surface area (Å²) in [6.07, 6.45) is 2.24. The number of halogens is 1. The van der Waals surface area contributed by atoms with E-state index in [9.17, 15) is 13.5 Å². The van der Waals surface area contributed by atoms with E-state index in [0.717, 1.165) is 6.42 Å². The zero-order valence-electron chi connectivity index (χ0n) is 10.1. The molecule has 2 rings (SSSR count). The SMILES string of the molecule is CN(CC1(O)CCC1)S(=O)(=O)c1ccccc1Cl. The van der Waals surface area contributed by atoms with Gasteiger partial charge < -0.3 is 5.11 Å². The van der Waals surface area contributed by atoms with Gasteiger partial charge in [-0.2, -0.15) is 4.31 Å². The minimum absolute atomic E-state index is 0.0806. The zero-order valence-corrected chi connectivity index (χ0v) is 11.7. The molecule has 0 unspecified atom stereocenters. The van der Waals surface area contributed by atoms with Crippen LogP contribution in [-0.4, -0.2) is 37.0 Å². The Kier molecular flexibility index (Phi) is 3.69. The number of rotatable bonds is 4. The lowest BCUT2D eigenvalue weighted by atomic mass is 9.80. The average Bonchev–Trinajstić information content (AvgIpc) is 2.27. The van der Waals surface area contributed by atoms with Crippen LogP contribution in [0.15, 0.2) is 29.2 Å². The molecule has 0 atom stereocenters. The van der Waals surface area contributed by atoms with Crippen LogP contribution in [0, 0.1) is 0 Å². The van der Waals surface area contributed by atoms with Gasteiger partial charge in [-0.25, -0.2) is 8.42 Å². The fourth-order valence-corrected chi connectivity index (χ4v) is 3.80. The van der Waals surface area contributed by atoms with Gasteiger partial charge in [0, 0.05) is 13.6 Å². The lowest BCUT2D eigenvalue weighted by Crippen LogP contribution is -2.48. The topological polar surface area (TPSA) is 57.6 Å². The summed E-state index contributed by atoms with van der Waals surface area (Å²) in [5.41, 5.74) is -0.872. The van der Waals surface area contributed by atoms with Crippen molar-refractivity contribution < 1.29 is 13.5 Å². The molecule has 100 valence electrons. The van der Waals surface area contributed by atoms with E-state index < -0.39 is 15.6 Å². The van der Waals surface area contributed by atoms with Crippen molar-refractivity contribution in [2.45, 2.75) is 29.8 Å². The van der Waals surface area contributed by atoms with Crippen LogP contribution < -0.4 is 0 Å². The molecule has 1 saturated carbocycles. The first-order chi connectivity index (χ1) is 8.35. The van der Waals surface area contributed by atoms with Gasteiger partial charge in [0.25, 0.3) is 0 Å². The summed E-state index contributed by atoms with van der Waals surface area (Å²) >= 11 is 5.90. The van der Waals surface area contributed by atoms with Crippen molar-refractivity contribution in [1.29, 1.82) is 0 Å². The number of hydrogen-bond acceptors (Lipinski definition) is 3. The van der Waals surface area contributed by atoms with Gasteiger partial charge in [0.15, 0.2) is 0 Å². The van der Waals surface area contributed by atoms with Crippen LogP contribution in [0.4, 0.5) is 0 Å². The lowest BCUT2D eigenvalue weighted by molar-refractivity contribution is -0.0423. The second-order valence-electron chi connectivity index (χ2n) is 4.77. The first-order valence-corrected chi connectivity index (χ1v) is 7.60. The van der Waals surface area contributed by atoms with Crippen molar-refractivity contribution in [3.8, 4) is 0 Å². The Bertz CT molecular complexity index is 540. The summed E-state index contributed by atoms with van der Waals surface area (Å²) in [7, 11) is -2.17. The Labute approximate surface area is 112 Å². The fourth-order valence-electron chi connectivity index (χ4n) is 2.06. The van der Waals surface area contributed by atoms with Crippen LogP contribution in [0.2, 0.25) is 5.02 Å². The summed E-state index contributed by atoms with van der Waals surface area (Å²) in [6.45, 7) is 0.112. The third kappa shape index (κ3) is 2.54. The first-order valence-electron chi connectivity index (χ1n) is 5.78. The molecule has 6 heteroatoms. The molecule has 1 aromatic rings. The molecule has 1 aliphatic rings. The molecule has 4 nitrogen and oxygen atoms in total. The highest BCUT2D eigenvalue weighted by molar-refractivity contribution is 7.89. The van der Waals surface area contributed by atoms with E-state index >= 15 is 0 Å². The maximum atomic E-state index is 12.3. The monoisotopic (exact) mass is 289 g/mol. The van der Waals surface area contributed by atoms with Crippen molar-refractivity contribution >= 4 is 21.6 Å². The fraction of sp³-hybridized carbons (Fsp3) is 0.500. The smallest absolute Gasteiger partial charge is 0.244 e. The van der Waals surface area contributed by atoms with Crippen LogP contribution in [-0.2, 0) is 10.0 Å². The average molecular weight is 290 g/mol. The van der Waals surface area contributed by atoms with Gasteiger partial charge in [-0.3, -0.25) is 0 Å². The standard InChI is InChI=1S/C12H16ClNO3S/c1-14(9-12(15)7-4-8-12)18(16,17)11-6-3-2-5-10(11)13/h2-3,5-6,15H,4,7-9H2,1H3. The Morgan fingerprint density at radius 1 is 1.39 bits per heavy atom. The third-order valence-electron chi connectivity index (χ3n) is 3.33. The number of likely N-dealkylation sites (N-methyl/N-ethyl adjacent to an activating group) is 1. The van der Waals surface area contributed by atoms with E-state index in [1.54, 1.807) is 18.2 Å². The van der Waals surface area contributed by atoms with Crippen molar-refractivity contribution in [2.75, 3.05) is 13.6 Å². The highest BCUT2D eigenvalue weighted by Gasteiger charge is 2.38.